The van der Waals surface area contributed by atoms with Crippen molar-refractivity contribution in [3.8, 4) is 0 Å². The first-order chi connectivity index (χ1) is 7.99. The average Bonchev–Trinajstić information content (AvgIpc) is 2.29. The lowest BCUT2D eigenvalue weighted by atomic mass is 10.1. The number of likely N-dealkylation sites (N-methyl/N-ethyl adjacent to an activating group) is 1. The summed E-state index contributed by atoms with van der Waals surface area (Å²) < 4.78 is 0. The lowest BCUT2D eigenvalue weighted by Crippen LogP contribution is -2.20. The van der Waals surface area contributed by atoms with Crippen LogP contribution in [0.1, 0.15) is 11.6 Å². The summed E-state index contributed by atoms with van der Waals surface area (Å²) in [5, 5.41) is 18.8. The van der Waals surface area contributed by atoms with Gasteiger partial charge in [0.1, 0.15) is 6.04 Å². The van der Waals surface area contributed by atoms with E-state index in [1.54, 1.807) is 31.3 Å². The first kappa shape index (κ1) is 15.1. The van der Waals surface area contributed by atoms with Gasteiger partial charge in [-0.05, 0) is 12.6 Å². The Morgan fingerprint density at radius 3 is 2.12 bits per heavy atom. The van der Waals surface area contributed by atoms with Crippen LogP contribution in [0.5, 0.6) is 0 Å². The molecular formula is C11H16N2O4. The van der Waals surface area contributed by atoms with Gasteiger partial charge in [-0.15, -0.1) is 0 Å². The van der Waals surface area contributed by atoms with Crippen molar-refractivity contribution >= 4 is 11.9 Å². The molecular weight excluding hydrogens is 224 g/mol. The second-order valence-corrected chi connectivity index (χ2v) is 3.15. The third kappa shape index (κ3) is 7.04. The van der Waals surface area contributed by atoms with Gasteiger partial charge < -0.3 is 21.3 Å². The van der Waals surface area contributed by atoms with E-state index in [1.165, 1.54) is 0 Å². The molecule has 0 aliphatic rings. The van der Waals surface area contributed by atoms with Crippen molar-refractivity contribution in [1.82, 2.24) is 5.32 Å². The number of rotatable bonds is 4. The molecule has 17 heavy (non-hydrogen) atoms. The first-order valence-corrected chi connectivity index (χ1v) is 4.88. The van der Waals surface area contributed by atoms with Crippen LogP contribution in [0.2, 0.25) is 0 Å². The smallest absolute Gasteiger partial charge is 0.325 e. The molecule has 0 aliphatic carbocycles. The zero-order valence-corrected chi connectivity index (χ0v) is 9.46. The number of nitrogens with two attached hydrogens (primary N) is 1. The molecule has 1 atom stereocenters. The van der Waals surface area contributed by atoms with Crippen LogP contribution >= 0.6 is 0 Å². The molecule has 0 spiro atoms. The Kier molecular flexibility index (Phi) is 7.32. The van der Waals surface area contributed by atoms with E-state index in [0.717, 1.165) is 0 Å². The van der Waals surface area contributed by atoms with Gasteiger partial charge in [-0.25, -0.2) is 0 Å². The zero-order chi connectivity index (χ0) is 13.3. The van der Waals surface area contributed by atoms with Crippen molar-refractivity contribution < 1.29 is 19.8 Å². The van der Waals surface area contributed by atoms with Gasteiger partial charge in [-0.3, -0.25) is 9.59 Å². The zero-order valence-electron chi connectivity index (χ0n) is 9.46. The van der Waals surface area contributed by atoms with Crippen molar-refractivity contribution in [2.75, 3.05) is 13.6 Å². The molecule has 0 bridgehead atoms. The summed E-state index contributed by atoms with van der Waals surface area (Å²) in [5.74, 6) is -1.83. The second-order valence-electron chi connectivity index (χ2n) is 3.15. The predicted molar refractivity (Wildman–Crippen MR) is 62.6 cm³/mol. The standard InChI is InChI=1S/C8H9NO2.C3H7NO2/c9-7(8(10)11)6-4-2-1-3-5-6;1-4-2-3(5)6/h1-5,7H,9H2,(H,10,11);4H,2H2,1H3,(H,5,6). The van der Waals surface area contributed by atoms with Crippen LogP contribution in [0.25, 0.3) is 0 Å². The van der Waals surface area contributed by atoms with Crippen LogP contribution in [0.3, 0.4) is 0 Å². The number of nitrogens with one attached hydrogen (secondary N) is 1. The average molecular weight is 240 g/mol. The number of benzene rings is 1. The highest BCUT2D eigenvalue weighted by molar-refractivity contribution is 5.75. The fraction of sp³-hybridized carbons (Fsp3) is 0.273. The molecule has 0 saturated heterocycles. The molecule has 0 heterocycles. The maximum absolute atomic E-state index is 10.4. The van der Waals surface area contributed by atoms with Crippen LogP contribution in [0.4, 0.5) is 0 Å². The fourth-order valence-electron chi connectivity index (χ4n) is 0.954. The molecule has 1 rings (SSSR count). The molecule has 6 nitrogen and oxygen atoms in total. The van der Waals surface area contributed by atoms with Crippen molar-refractivity contribution in [2.24, 2.45) is 5.73 Å². The summed E-state index contributed by atoms with van der Waals surface area (Å²) in [4.78, 5) is 19.9. The molecule has 5 N–H and O–H groups in total. The largest absolute Gasteiger partial charge is 0.480 e. The molecule has 0 saturated carbocycles. The van der Waals surface area contributed by atoms with E-state index in [4.69, 9.17) is 15.9 Å². The van der Waals surface area contributed by atoms with E-state index >= 15 is 0 Å². The topological polar surface area (TPSA) is 113 Å². The Morgan fingerprint density at radius 1 is 1.29 bits per heavy atom. The molecule has 0 radical (unpaired) electrons. The molecule has 0 amide bonds. The summed E-state index contributed by atoms with van der Waals surface area (Å²) in [6.45, 7) is 0.0417. The van der Waals surface area contributed by atoms with Crippen molar-refractivity contribution in [2.45, 2.75) is 6.04 Å². The number of carboxylic acid groups (broad SMARTS) is 2. The van der Waals surface area contributed by atoms with Crippen LogP contribution in [0.15, 0.2) is 30.3 Å². The van der Waals surface area contributed by atoms with E-state index in [-0.39, 0.29) is 6.54 Å². The molecule has 1 aromatic rings. The Hall–Kier alpha value is -1.92. The number of hydrogen-bond acceptors (Lipinski definition) is 4. The predicted octanol–water partition coefficient (Wildman–Crippen LogP) is 0.0614. The van der Waals surface area contributed by atoms with Crippen LogP contribution in [-0.4, -0.2) is 35.7 Å². The van der Waals surface area contributed by atoms with Crippen molar-refractivity contribution in [3.05, 3.63) is 35.9 Å². The summed E-state index contributed by atoms with van der Waals surface area (Å²) in [6, 6.07) is 7.82. The SMILES string of the molecule is CNCC(=O)O.NC(C(=O)O)c1ccccc1. The van der Waals surface area contributed by atoms with E-state index in [1.807, 2.05) is 6.07 Å². The van der Waals surface area contributed by atoms with E-state index < -0.39 is 18.0 Å². The lowest BCUT2D eigenvalue weighted by Gasteiger charge is -2.04. The minimum atomic E-state index is -1.00. The first-order valence-electron chi connectivity index (χ1n) is 4.88. The monoisotopic (exact) mass is 240 g/mol. The Morgan fingerprint density at radius 2 is 1.82 bits per heavy atom. The highest BCUT2D eigenvalue weighted by Crippen LogP contribution is 2.08. The molecule has 1 unspecified atom stereocenters. The van der Waals surface area contributed by atoms with Gasteiger partial charge in [0.15, 0.2) is 0 Å². The highest BCUT2D eigenvalue weighted by atomic mass is 16.4. The van der Waals surface area contributed by atoms with E-state index in [2.05, 4.69) is 5.32 Å². The van der Waals surface area contributed by atoms with Gasteiger partial charge in [0, 0.05) is 0 Å². The van der Waals surface area contributed by atoms with Gasteiger partial charge in [0.05, 0.1) is 6.54 Å². The third-order valence-electron chi connectivity index (χ3n) is 1.75. The van der Waals surface area contributed by atoms with Crippen molar-refractivity contribution in [1.29, 1.82) is 0 Å². The quantitative estimate of drug-likeness (QED) is 0.592. The summed E-state index contributed by atoms with van der Waals surface area (Å²) in [5.41, 5.74) is 5.96. The minimum absolute atomic E-state index is 0.0417. The van der Waals surface area contributed by atoms with Crippen LogP contribution < -0.4 is 11.1 Å². The van der Waals surface area contributed by atoms with Gasteiger partial charge in [0.25, 0.3) is 0 Å². The molecule has 0 aliphatic heterocycles. The van der Waals surface area contributed by atoms with Gasteiger partial charge in [-0.1, -0.05) is 30.3 Å². The molecule has 6 heteroatoms. The number of aliphatic carboxylic acids is 2. The number of hydrogen-bond donors (Lipinski definition) is 4. The number of carboxylic acids is 2. The molecule has 94 valence electrons. The Bertz CT molecular complexity index is 354. The Labute approximate surface area is 99.1 Å². The highest BCUT2D eigenvalue weighted by Gasteiger charge is 2.12. The minimum Gasteiger partial charge on any atom is -0.480 e. The second kappa shape index (κ2) is 8.26. The molecule has 1 aromatic carbocycles. The van der Waals surface area contributed by atoms with Crippen LogP contribution in [0, 0.1) is 0 Å². The summed E-state index contributed by atoms with van der Waals surface area (Å²) in [7, 11) is 1.59. The van der Waals surface area contributed by atoms with Crippen molar-refractivity contribution in [3.63, 3.8) is 0 Å². The maximum Gasteiger partial charge on any atom is 0.325 e. The summed E-state index contributed by atoms with van der Waals surface area (Å²) in [6.07, 6.45) is 0. The molecule has 0 aromatic heterocycles. The van der Waals surface area contributed by atoms with Gasteiger partial charge >= 0.3 is 11.9 Å². The van der Waals surface area contributed by atoms with E-state index in [0.29, 0.717) is 5.56 Å². The van der Waals surface area contributed by atoms with Gasteiger partial charge in [-0.2, -0.15) is 0 Å². The fourth-order valence-corrected chi connectivity index (χ4v) is 0.954. The lowest BCUT2D eigenvalue weighted by molar-refractivity contribution is -0.139. The summed E-state index contributed by atoms with van der Waals surface area (Å²) >= 11 is 0. The normalized spacial score (nSPS) is 10.9. The van der Waals surface area contributed by atoms with Gasteiger partial charge in [0.2, 0.25) is 0 Å². The molecule has 0 fully saturated rings. The van der Waals surface area contributed by atoms with E-state index in [9.17, 15) is 9.59 Å². The number of carbonyl (C=O) groups is 2. The van der Waals surface area contributed by atoms with Crippen LogP contribution in [-0.2, 0) is 9.59 Å². The Balaban J connectivity index is 0.000000366. The maximum atomic E-state index is 10.4. The third-order valence-corrected chi connectivity index (χ3v) is 1.75.